The maximum atomic E-state index is 14.5. The molecule has 8 heteroatoms. The first-order chi connectivity index (χ1) is 27.9. The van der Waals surface area contributed by atoms with Crippen LogP contribution in [-0.4, -0.2) is 11.9 Å². The van der Waals surface area contributed by atoms with E-state index in [9.17, 15) is 14.9 Å². The summed E-state index contributed by atoms with van der Waals surface area (Å²) in [6, 6.07) is 19.4. The van der Waals surface area contributed by atoms with E-state index in [0.717, 1.165) is 62.5 Å². The molecule has 2 saturated carbocycles. The highest BCUT2D eigenvalue weighted by Gasteiger charge is 2.71. The summed E-state index contributed by atoms with van der Waals surface area (Å²) in [6.07, 6.45) is 17.4. The predicted octanol–water partition coefficient (Wildman–Crippen LogP) is 13.0. The first-order valence-corrected chi connectivity index (χ1v) is 23.3. The number of thioether (sulfide) groups is 2. The summed E-state index contributed by atoms with van der Waals surface area (Å²) >= 11 is 2.65. The van der Waals surface area contributed by atoms with Crippen LogP contribution < -0.4 is 9.47 Å². The number of carbonyl (C=O) groups excluding carboxylic acids is 2. The first kappa shape index (κ1) is 38.5. The Bertz CT molecular complexity index is 2060. The van der Waals surface area contributed by atoms with Gasteiger partial charge in [-0.1, -0.05) is 137 Å². The van der Waals surface area contributed by atoms with Gasteiger partial charge in [-0.3, -0.25) is 9.59 Å². The normalized spacial score (nSPS) is 28.1. The van der Waals surface area contributed by atoms with Crippen LogP contribution in [0.25, 0.3) is 4.85 Å². The zero-order valence-electron chi connectivity index (χ0n) is 33.2. The number of carbonyl (C=O) groups is 2. The number of ether oxygens (including phenoxy) is 2. The smallest absolute Gasteiger partial charge is 0.314 e. The lowest BCUT2D eigenvalue weighted by atomic mass is 9.43. The van der Waals surface area contributed by atoms with Crippen LogP contribution >= 0.6 is 23.5 Å². The molecule has 3 aromatic rings. The molecule has 5 aliphatic carbocycles. The van der Waals surface area contributed by atoms with Crippen molar-refractivity contribution in [1.82, 2.24) is 0 Å². The zero-order valence-corrected chi connectivity index (χ0v) is 34.9. The molecule has 0 bridgehead atoms. The lowest BCUT2D eigenvalue weighted by Gasteiger charge is -2.58. The molecule has 0 saturated heterocycles. The van der Waals surface area contributed by atoms with Crippen LogP contribution in [0.3, 0.4) is 0 Å². The van der Waals surface area contributed by atoms with Crippen molar-refractivity contribution < 1.29 is 19.1 Å². The van der Waals surface area contributed by atoms with E-state index in [1.54, 1.807) is 0 Å². The van der Waals surface area contributed by atoms with Gasteiger partial charge in [-0.25, -0.2) is 10.1 Å². The van der Waals surface area contributed by atoms with Crippen molar-refractivity contribution in [2.24, 2.45) is 23.7 Å². The fraction of sp³-hybridized carbons (Fsp3) is 0.510. The van der Waals surface area contributed by atoms with Crippen LogP contribution in [0, 0.1) is 41.6 Å². The SMILES string of the molecule is [C-]#[N+]C(C#N)=C1Sc2c(OC(=O)C3CCC(CCCCC)CC3)c3c(c(OC(=O)C4CCC(CCCCC)CC4)c2S1)[C@@H]1c2ccccc2C12c1ccccc1[C@H]32. The molecule has 6 nitrogen and oxygen atoms in total. The molecule has 0 radical (unpaired) electrons. The van der Waals surface area contributed by atoms with Crippen molar-refractivity contribution in [1.29, 1.82) is 5.26 Å². The summed E-state index contributed by atoms with van der Waals surface area (Å²) in [6.45, 7) is 12.3. The van der Waals surface area contributed by atoms with Crippen LogP contribution in [0.15, 0.2) is 68.3 Å². The Morgan fingerprint density at radius 2 is 1.16 bits per heavy atom. The summed E-state index contributed by atoms with van der Waals surface area (Å²) in [5, 5.41) is 10.1. The van der Waals surface area contributed by atoms with Crippen molar-refractivity contribution in [3.8, 4) is 17.6 Å². The monoisotopic (exact) mass is 796 g/mol. The molecule has 0 N–H and O–H groups in total. The highest BCUT2D eigenvalue weighted by atomic mass is 32.2. The fourth-order valence-electron chi connectivity index (χ4n) is 11.5. The molecular formula is C49H52N2O4S2. The lowest BCUT2D eigenvalue weighted by Crippen LogP contribution is -2.52. The van der Waals surface area contributed by atoms with E-state index >= 15 is 0 Å². The van der Waals surface area contributed by atoms with Gasteiger partial charge in [0.05, 0.1) is 38.5 Å². The molecule has 0 amide bonds. The van der Waals surface area contributed by atoms with E-state index in [-0.39, 0.29) is 46.7 Å². The number of allylic oxidation sites excluding steroid dienone is 1. The number of esters is 2. The molecule has 1 aliphatic heterocycles. The summed E-state index contributed by atoms with van der Waals surface area (Å²) < 4.78 is 14.1. The van der Waals surface area contributed by atoms with E-state index in [1.807, 2.05) is 0 Å². The van der Waals surface area contributed by atoms with Gasteiger partial charge in [0.15, 0.2) is 0 Å². The topological polar surface area (TPSA) is 80.8 Å². The minimum absolute atomic E-state index is 0.00368. The molecule has 9 rings (SSSR count). The maximum absolute atomic E-state index is 14.5. The number of nitriles is 1. The first-order valence-electron chi connectivity index (χ1n) is 21.7. The number of rotatable bonds is 12. The quantitative estimate of drug-likeness (QED) is 0.0593. The van der Waals surface area contributed by atoms with Gasteiger partial charge in [0.25, 0.3) is 5.70 Å². The fourth-order valence-corrected chi connectivity index (χ4v) is 14.0. The Morgan fingerprint density at radius 3 is 1.56 bits per heavy atom. The van der Waals surface area contributed by atoms with Gasteiger partial charge >= 0.3 is 11.9 Å². The van der Waals surface area contributed by atoms with Gasteiger partial charge in [-0.15, -0.1) is 0 Å². The third kappa shape index (κ3) is 6.27. The number of fused-ring (bicyclic) bond motifs is 8. The minimum Gasteiger partial charge on any atom is -0.425 e. The number of unbranched alkanes of at least 4 members (excludes halogenated alkanes) is 4. The molecule has 3 atom stereocenters. The van der Waals surface area contributed by atoms with E-state index in [4.69, 9.17) is 16.0 Å². The van der Waals surface area contributed by atoms with Crippen LogP contribution in [-0.2, 0) is 15.0 Å². The molecule has 1 spiro atoms. The zero-order chi connectivity index (χ0) is 39.3. The molecule has 294 valence electrons. The standard InChI is InChI=1S/C49H52N2O4S2/c1-4-6-8-14-29-20-24-31(25-21-29)46(52)54-42-38-39(41-34-17-11-13-19-36(34)49(41)35-18-12-10-16-33(35)40(38)49)43(45-44(42)56-48(57-45)37(28-50)51-3)55-47(53)32-26-22-30(23-27-32)15-9-7-5-2/h10-13,16-19,29-32,40-41H,4-9,14-15,20-27H2,1-2H3/t29?,30?,31?,32?,40-,41+,49?. The highest BCUT2D eigenvalue weighted by molar-refractivity contribution is 8.24. The van der Waals surface area contributed by atoms with Gasteiger partial charge in [-0.2, -0.15) is 0 Å². The van der Waals surface area contributed by atoms with E-state index < -0.39 is 0 Å². The van der Waals surface area contributed by atoms with Gasteiger partial charge in [-0.05, 0) is 85.5 Å². The predicted molar refractivity (Wildman–Crippen MR) is 225 cm³/mol. The third-order valence-electron chi connectivity index (χ3n) is 14.3. The van der Waals surface area contributed by atoms with Crippen molar-refractivity contribution in [3.63, 3.8) is 0 Å². The molecule has 2 fully saturated rings. The minimum atomic E-state index is -0.345. The van der Waals surface area contributed by atoms with Gasteiger partial charge in [0.2, 0.25) is 0 Å². The van der Waals surface area contributed by atoms with Crippen molar-refractivity contribution in [3.05, 3.63) is 103 Å². The Hall–Kier alpha value is -3.98. The summed E-state index contributed by atoms with van der Waals surface area (Å²) in [5.41, 5.74) is 6.52. The third-order valence-corrected chi connectivity index (χ3v) is 16.9. The van der Waals surface area contributed by atoms with Crippen LogP contribution in [0.1, 0.15) is 162 Å². The summed E-state index contributed by atoms with van der Waals surface area (Å²) in [5.74, 6) is 1.48. The average molecular weight is 797 g/mol. The van der Waals surface area contributed by atoms with Crippen LogP contribution in [0.2, 0.25) is 0 Å². The van der Waals surface area contributed by atoms with Gasteiger partial charge in [0, 0.05) is 28.4 Å². The van der Waals surface area contributed by atoms with Gasteiger partial charge < -0.3 is 9.47 Å². The summed E-state index contributed by atoms with van der Waals surface area (Å²) in [7, 11) is 0. The summed E-state index contributed by atoms with van der Waals surface area (Å²) in [4.78, 5) is 33.9. The molecule has 6 aliphatic rings. The van der Waals surface area contributed by atoms with Crippen LogP contribution in [0.4, 0.5) is 0 Å². The molecule has 57 heavy (non-hydrogen) atoms. The maximum Gasteiger partial charge on any atom is 0.314 e. The molecule has 1 heterocycles. The number of benzene rings is 3. The van der Waals surface area contributed by atoms with E-state index in [1.165, 1.54) is 97.1 Å². The van der Waals surface area contributed by atoms with E-state index in [2.05, 4.69) is 73.3 Å². The molecular weight excluding hydrogens is 745 g/mol. The van der Waals surface area contributed by atoms with Crippen molar-refractivity contribution in [2.75, 3.05) is 0 Å². The second-order valence-corrected chi connectivity index (χ2v) is 19.7. The Balaban J connectivity index is 1.14. The molecule has 3 aromatic carbocycles. The molecule has 1 unspecified atom stereocenters. The second-order valence-electron chi connectivity index (χ2n) is 17.4. The van der Waals surface area contributed by atoms with Crippen LogP contribution in [0.5, 0.6) is 11.5 Å². The van der Waals surface area contributed by atoms with Crippen molar-refractivity contribution in [2.45, 2.75) is 144 Å². The highest BCUT2D eigenvalue weighted by Crippen LogP contribution is 2.81. The largest absolute Gasteiger partial charge is 0.425 e. The van der Waals surface area contributed by atoms with Crippen molar-refractivity contribution >= 4 is 35.5 Å². The Labute approximate surface area is 346 Å². The second kappa shape index (κ2) is 16.0. The number of hydrogen-bond acceptors (Lipinski definition) is 7. The van der Waals surface area contributed by atoms with E-state index in [0.29, 0.717) is 37.4 Å². The Kier molecular flexibility index (Phi) is 10.8. The van der Waals surface area contributed by atoms with Gasteiger partial charge in [0.1, 0.15) is 11.5 Å². The number of nitrogens with zero attached hydrogens (tertiary/aromatic N) is 2. The Morgan fingerprint density at radius 1 is 0.719 bits per heavy atom. The molecule has 0 aromatic heterocycles. The number of hydrogen-bond donors (Lipinski definition) is 0. The average Bonchev–Trinajstić information content (AvgIpc) is 3.76. The lowest BCUT2D eigenvalue weighted by molar-refractivity contribution is -0.141.